The van der Waals surface area contributed by atoms with Crippen LogP contribution >= 0.6 is 0 Å². The quantitative estimate of drug-likeness (QED) is 0.889. The van der Waals surface area contributed by atoms with Gasteiger partial charge in [-0.15, -0.1) is 0 Å². The Morgan fingerprint density at radius 3 is 2.35 bits per heavy atom. The Morgan fingerprint density at radius 1 is 1.00 bits per heavy atom. The summed E-state index contributed by atoms with van der Waals surface area (Å²) in [7, 11) is 3.30. The normalized spacial score (nSPS) is 27.2. The van der Waals surface area contributed by atoms with Gasteiger partial charge < -0.3 is 14.8 Å². The maximum atomic E-state index is 5.40. The van der Waals surface area contributed by atoms with Crippen LogP contribution in [-0.4, -0.2) is 49.3 Å². The first kappa shape index (κ1) is 17.2. The summed E-state index contributed by atoms with van der Waals surface area (Å²) in [5.74, 6) is 3.19. The number of aromatic nitrogens is 1. The third-order valence-electron chi connectivity index (χ3n) is 5.97. The second kappa shape index (κ2) is 7.16. The molecule has 4 heterocycles. The molecule has 138 valence electrons. The minimum Gasteiger partial charge on any atom is -0.493 e. The number of rotatable bonds is 5. The van der Waals surface area contributed by atoms with Gasteiger partial charge in [-0.05, 0) is 68.6 Å². The number of benzene rings is 1. The Balaban J connectivity index is 1.50. The molecule has 5 rings (SSSR count). The molecule has 0 aliphatic carbocycles. The van der Waals surface area contributed by atoms with E-state index in [0.717, 1.165) is 34.4 Å². The van der Waals surface area contributed by atoms with Crippen LogP contribution in [0.1, 0.15) is 19.8 Å². The van der Waals surface area contributed by atoms with Gasteiger partial charge in [0.05, 0.1) is 14.2 Å². The first-order valence-corrected chi connectivity index (χ1v) is 9.38. The standard InChI is InChI=1S/C21H27N3O2/c1-14-21(15-8-10-24(14)11-9-15)23-20-7-5-17(13-22-20)16-4-6-18(25-2)19(12-16)26-3/h4-7,12-15,21H,8-11H2,1-3H3,(H,22,23). The highest BCUT2D eigenvalue weighted by Gasteiger charge is 2.39. The summed E-state index contributed by atoms with van der Waals surface area (Å²) >= 11 is 0. The zero-order valence-electron chi connectivity index (χ0n) is 15.7. The largest absolute Gasteiger partial charge is 0.493 e. The lowest BCUT2D eigenvalue weighted by Crippen LogP contribution is -2.59. The van der Waals surface area contributed by atoms with Crippen molar-refractivity contribution < 1.29 is 9.47 Å². The molecular formula is C21H27N3O2. The molecule has 3 aliphatic heterocycles. The molecule has 5 nitrogen and oxygen atoms in total. The van der Waals surface area contributed by atoms with Crippen molar-refractivity contribution in [2.45, 2.75) is 31.8 Å². The van der Waals surface area contributed by atoms with E-state index in [1.165, 1.54) is 25.9 Å². The van der Waals surface area contributed by atoms with Crippen LogP contribution in [0.3, 0.4) is 0 Å². The van der Waals surface area contributed by atoms with E-state index in [1.807, 2.05) is 24.4 Å². The summed E-state index contributed by atoms with van der Waals surface area (Å²) in [6.45, 7) is 4.83. The van der Waals surface area contributed by atoms with E-state index in [-0.39, 0.29) is 0 Å². The van der Waals surface area contributed by atoms with Gasteiger partial charge in [-0.2, -0.15) is 0 Å². The number of nitrogens with zero attached hydrogens (tertiary/aromatic N) is 2. The lowest BCUT2D eigenvalue weighted by Gasteiger charge is -2.50. The number of pyridine rings is 1. The van der Waals surface area contributed by atoms with Crippen molar-refractivity contribution in [1.29, 1.82) is 0 Å². The SMILES string of the molecule is COc1ccc(-c2ccc(NC3C4CCN(CC4)C3C)nc2)cc1OC. The smallest absolute Gasteiger partial charge is 0.161 e. The van der Waals surface area contributed by atoms with Crippen molar-refractivity contribution in [3.8, 4) is 22.6 Å². The molecule has 26 heavy (non-hydrogen) atoms. The van der Waals surface area contributed by atoms with E-state index in [9.17, 15) is 0 Å². The first-order valence-electron chi connectivity index (χ1n) is 9.38. The van der Waals surface area contributed by atoms with Crippen LogP contribution in [0.2, 0.25) is 0 Å². The number of anilines is 1. The van der Waals surface area contributed by atoms with Crippen molar-refractivity contribution in [1.82, 2.24) is 9.88 Å². The molecule has 0 saturated carbocycles. The molecule has 2 aromatic rings. The van der Waals surface area contributed by atoms with Crippen molar-refractivity contribution in [2.24, 2.45) is 5.92 Å². The van der Waals surface area contributed by atoms with E-state index in [4.69, 9.17) is 9.47 Å². The molecule has 1 aromatic heterocycles. The zero-order valence-corrected chi connectivity index (χ0v) is 15.7. The van der Waals surface area contributed by atoms with Gasteiger partial charge in [-0.1, -0.05) is 6.07 Å². The van der Waals surface area contributed by atoms with Crippen LogP contribution in [0.4, 0.5) is 5.82 Å². The summed E-state index contributed by atoms with van der Waals surface area (Å²) in [5.41, 5.74) is 2.14. The van der Waals surface area contributed by atoms with E-state index in [1.54, 1.807) is 14.2 Å². The van der Waals surface area contributed by atoms with Crippen LogP contribution in [-0.2, 0) is 0 Å². The Kier molecular flexibility index (Phi) is 4.72. The minimum atomic E-state index is 0.497. The molecule has 1 aromatic carbocycles. The van der Waals surface area contributed by atoms with Crippen LogP contribution in [0.15, 0.2) is 36.5 Å². The molecule has 0 radical (unpaired) electrons. The fourth-order valence-electron chi connectivity index (χ4n) is 4.38. The predicted octanol–water partition coefficient (Wildman–Crippen LogP) is 3.66. The van der Waals surface area contributed by atoms with Crippen molar-refractivity contribution in [2.75, 3.05) is 32.6 Å². The van der Waals surface area contributed by atoms with Gasteiger partial charge in [-0.25, -0.2) is 4.98 Å². The van der Waals surface area contributed by atoms with Crippen LogP contribution < -0.4 is 14.8 Å². The monoisotopic (exact) mass is 353 g/mol. The van der Waals surface area contributed by atoms with Gasteiger partial charge in [0.15, 0.2) is 11.5 Å². The number of ether oxygens (including phenoxy) is 2. The summed E-state index contributed by atoms with van der Waals surface area (Å²) in [5, 5.41) is 3.68. The second-order valence-electron chi connectivity index (χ2n) is 7.29. The van der Waals surface area contributed by atoms with Crippen LogP contribution in [0.5, 0.6) is 11.5 Å². The van der Waals surface area contributed by atoms with Gasteiger partial charge in [0.1, 0.15) is 5.82 Å². The summed E-state index contributed by atoms with van der Waals surface area (Å²) < 4.78 is 10.7. The predicted molar refractivity (Wildman–Crippen MR) is 104 cm³/mol. The van der Waals surface area contributed by atoms with Crippen molar-refractivity contribution in [3.05, 3.63) is 36.5 Å². The molecular weight excluding hydrogens is 326 g/mol. The molecule has 2 unspecified atom stereocenters. The average molecular weight is 353 g/mol. The number of nitrogens with one attached hydrogen (secondary N) is 1. The summed E-state index contributed by atoms with van der Waals surface area (Å²) in [6, 6.07) is 11.2. The third kappa shape index (κ3) is 3.12. The first-order chi connectivity index (χ1) is 12.7. The summed E-state index contributed by atoms with van der Waals surface area (Å²) in [4.78, 5) is 7.26. The number of hydrogen-bond donors (Lipinski definition) is 1. The Bertz CT molecular complexity index is 752. The van der Waals surface area contributed by atoms with Gasteiger partial charge in [0.2, 0.25) is 0 Å². The Morgan fingerprint density at radius 2 is 1.73 bits per heavy atom. The molecule has 5 heteroatoms. The number of piperidine rings is 3. The number of methoxy groups -OCH3 is 2. The average Bonchev–Trinajstić information content (AvgIpc) is 2.71. The fraction of sp³-hybridized carbons (Fsp3) is 0.476. The second-order valence-corrected chi connectivity index (χ2v) is 7.29. The van der Waals surface area contributed by atoms with Crippen LogP contribution in [0.25, 0.3) is 11.1 Å². The van der Waals surface area contributed by atoms with Crippen molar-refractivity contribution >= 4 is 5.82 Å². The molecule has 3 fully saturated rings. The Labute approximate surface area is 155 Å². The highest BCUT2D eigenvalue weighted by Crippen LogP contribution is 2.35. The lowest BCUT2D eigenvalue weighted by atomic mass is 9.79. The third-order valence-corrected chi connectivity index (χ3v) is 5.97. The molecule has 2 atom stereocenters. The molecule has 3 saturated heterocycles. The minimum absolute atomic E-state index is 0.497. The zero-order chi connectivity index (χ0) is 18.1. The van der Waals surface area contributed by atoms with Gasteiger partial charge >= 0.3 is 0 Å². The van der Waals surface area contributed by atoms with E-state index < -0.39 is 0 Å². The molecule has 3 aliphatic rings. The van der Waals surface area contributed by atoms with E-state index >= 15 is 0 Å². The fourth-order valence-corrected chi connectivity index (χ4v) is 4.38. The topological polar surface area (TPSA) is 46.6 Å². The van der Waals surface area contributed by atoms with Crippen LogP contribution in [0, 0.1) is 5.92 Å². The van der Waals surface area contributed by atoms with E-state index in [2.05, 4.69) is 34.3 Å². The number of fused-ring (bicyclic) bond motifs is 3. The summed E-state index contributed by atoms with van der Waals surface area (Å²) in [6.07, 6.45) is 4.52. The maximum Gasteiger partial charge on any atom is 0.161 e. The highest BCUT2D eigenvalue weighted by molar-refractivity contribution is 5.67. The molecule has 0 amide bonds. The van der Waals surface area contributed by atoms with Gasteiger partial charge in [-0.3, -0.25) is 4.90 Å². The van der Waals surface area contributed by atoms with E-state index in [0.29, 0.717) is 12.1 Å². The molecule has 2 bridgehead atoms. The number of hydrogen-bond acceptors (Lipinski definition) is 5. The highest BCUT2D eigenvalue weighted by atomic mass is 16.5. The maximum absolute atomic E-state index is 5.40. The lowest BCUT2D eigenvalue weighted by molar-refractivity contribution is 0.0457. The van der Waals surface area contributed by atoms with Gasteiger partial charge in [0, 0.05) is 23.8 Å². The Hall–Kier alpha value is -2.27. The molecule has 1 N–H and O–H groups in total. The van der Waals surface area contributed by atoms with Crippen molar-refractivity contribution in [3.63, 3.8) is 0 Å². The molecule has 0 spiro atoms. The van der Waals surface area contributed by atoms with Gasteiger partial charge in [0.25, 0.3) is 0 Å².